The number of ether oxygens (including phenoxy) is 4. The van der Waals surface area contributed by atoms with E-state index in [1.54, 1.807) is 41.5 Å². The molecular weight excluding hydrogens is 813 g/mol. The molecule has 2 aliphatic rings. The summed E-state index contributed by atoms with van der Waals surface area (Å²) in [6.45, 7) is 14.5. The molecule has 0 radical (unpaired) electrons. The number of carbonyl (C=O) groups excluding carboxylic acids is 6. The van der Waals surface area contributed by atoms with Crippen molar-refractivity contribution in [3.8, 4) is 22.3 Å². The van der Waals surface area contributed by atoms with E-state index in [1.165, 1.54) is 0 Å². The molecule has 4 aromatic carbocycles. The van der Waals surface area contributed by atoms with E-state index in [4.69, 9.17) is 18.9 Å². The first-order chi connectivity index (χ1) is 30.4. The van der Waals surface area contributed by atoms with Gasteiger partial charge >= 0.3 is 24.1 Å². The fraction of sp³-hybridized carbons (Fsp3) is 0.423. The van der Waals surface area contributed by atoms with Crippen molar-refractivity contribution in [1.29, 1.82) is 0 Å². The first-order valence-corrected chi connectivity index (χ1v) is 22.1. The Hall–Kier alpha value is -6.30. The number of amides is 2. The van der Waals surface area contributed by atoms with E-state index in [9.17, 15) is 28.8 Å². The lowest BCUT2D eigenvalue weighted by molar-refractivity contribution is -0.159. The Balaban J connectivity index is 0.000000241. The number of fused-ring (bicyclic) bond motifs is 6. The van der Waals surface area contributed by atoms with Gasteiger partial charge in [0, 0.05) is 37.5 Å². The molecule has 64 heavy (non-hydrogen) atoms. The Morgan fingerprint density at radius 3 is 1.03 bits per heavy atom. The molecule has 0 spiro atoms. The number of alkyl carbamates (subject to hydrolysis) is 2. The van der Waals surface area contributed by atoms with Gasteiger partial charge in [-0.25, -0.2) is 19.2 Å². The van der Waals surface area contributed by atoms with Gasteiger partial charge in [0.05, 0.1) is 0 Å². The van der Waals surface area contributed by atoms with Gasteiger partial charge in [-0.15, -0.1) is 0 Å². The summed E-state index contributed by atoms with van der Waals surface area (Å²) in [5.41, 5.74) is 7.47. The van der Waals surface area contributed by atoms with Crippen LogP contribution in [0.25, 0.3) is 22.3 Å². The molecule has 0 fully saturated rings. The summed E-state index contributed by atoms with van der Waals surface area (Å²) >= 11 is 0. The lowest BCUT2D eigenvalue weighted by Gasteiger charge is -2.24. The lowest BCUT2D eigenvalue weighted by atomic mass is 9.98. The van der Waals surface area contributed by atoms with Gasteiger partial charge in [0.15, 0.2) is 0 Å². The van der Waals surface area contributed by atoms with E-state index in [2.05, 4.69) is 34.9 Å². The number of nitrogens with one attached hydrogen (secondary N) is 2. The van der Waals surface area contributed by atoms with Gasteiger partial charge in [-0.3, -0.25) is 9.59 Å². The zero-order valence-electron chi connectivity index (χ0n) is 38.3. The number of ketones is 2. The molecule has 0 aromatic heterocycles. The second kappa shape index (κ2) is 21.9. The first kappa shape index (κ1) is 48.7. The van der Waals surface area contributed by atoms with Gasteiger partial charge in [0.25, 0.3) is 0 Å². The van der Waals surface area contributed by atoms with Crippen LogP contribution in [-0.4, -0.2) is 72.2 Å². The molecule has 2 amide bonds. The van der Waals surface area contributed by atoms with E-state index >= 15 is 0 Å². The molecule has 0 aliphatic heterocycles. The van der Waals surface area contributed by atoms with E-state index in [0.717, 1.165) is 44.5 Å². The number of hydrogen-bond donors (Lipinski definition) is 2. The highest BCUT2D eigenvalue weighted by Crippen LogP contribution is 2.45. The average Bonchev–Trinajstić information content (AvgIpc) is 3.73. The fourth-order valence-corrected chi connectivity index (χ4v) is 7.91. The van der Waals surface area contributed by atoms with Crippen LogP contribution in [0.1, 0.15) is 128 Å². The zero-order valence-corrected chi connectivity index (χ0v) is 38.3. The lowest BCUT2D eigenvalue weighted by Crippen LogP contribution is -2.45. The molecular formula is C52H62N2O10. The highest BCUT2D eigenvalue weighted by molar-refractivity contribution is 5.90. The summed E-state index contributed by atoms with van der Waals surface area (Å²) in [4.78, 5) is 74.6. The molecule has 12 nitrogen and oxygen atoms in total. The number of carbonyl (C=O) groups is 6. The monoisotopic (exact) mass is 874 g/mol. The van der Waals surface area contributed by atoms with Gasteiger partial charge < -0.3 is 29.6 Å². The molecule has 4 aromatic rings. The third kappa shape index (κ3) is 13.4. The van der Waals surface area contributed by atoms with Gasteiger partial charge in [0.1, 0.15) is 48.1 Å². The van der Waals surface area contributed by atoms with Crippen LogP contribution in [0.5, 0.6) is 0 Å². The van der Waals surface area contributed by atoms with Gasteiger partial charge in [-0.1, -0.05) is 111 Å². The first-order valence-electron chi connectivity index (χ1n) is 22.1. The minimum atomic E-state index is -1.08. The zero-order chi connectivity index (χ0) is 46.6. The minimum absolute atomic E-state index is 0.0881. The van der Waals surface area contributed by atoms with Crippen molar-refractivity contribution >= 4 is 35.7 Å². The smallest absolute Gasteiger partial charge is 0.407 e. The standard InChI is InChI=1S/2C26H31NO5/c2*1-5-10-17(28)15-23(24(29)32-26(2,3)4)27-25(30)31-16-22-20-13-8-6-11-18(20)19-12-7-9-14-21(19)22/h2*6-9,11-14,22-23H,5,10,15-16H2,1-4H3,(H,27,30). The van der Waals surface area contributed by atoms with Crippen LogP contribution in [0.3, 0.4) is 0 Å². The second-order valence-electron chi connectivity index (χ2n) is 18.1. The van der Waals surface area contributed by atoms with Crippen molar-refractivity contribution in [3.05, 3.63) is 119 Å². The summed E-state index contributed by atoms with van der Waals surface area (Å²) in [6, 6.07) is 30.1. The van der Waals surface area contributed by atoms with E-state index in [-0.39, 0.29) is 49.5 Å². The fourth-order valence-electron chi connectivity index (χ4n) is 7.91. The molecule has 340 valence electrons. The molecule has 0 saturated heterocycles. The Labute approximate surface area is 376 Å². The molecule has 2 unspecified atom stereocenters. The number of benzene rings is 4. The molecule has 0 saturated carbocycles. The molecule has 2 N–H and O–H groups in total. The summed E-state index contributed by atoms with van der Waals surface area (Å²) in [6.07, 6.45) is 0.298. The molecule has 12 heteroatoms. The maximum absolute atomic E-state index is 12.6. The summed E-state index contributed by atoms with van der Waals surface area (Å²) in [7, 11) is 0. The number of Topliss-reactive ketones (excluding diaryl/α,β-unsaturated/α-hetero) is 2. The highest BCUT2D eigenvalue weighted by atomic mass is 16.6. The highest BCUT2D eigenvalue weighted by Gasteiger charge is 2.34. The van der Waals surface area contributed by atoms with E-state index in [1.807, 2.05) is 86.6 Å². The van der Waals surface area contributed by atoms with Gasteiger partial charge in [0.2, 0.25) is 0 Å². The van der Waals surface area contributed by atoms with E-state index < -0.39 is 47.4 Å². The van der Waals surface area contributed by atoms with Crippen LogP contribution in [0.4, 0.5) is 9.59 Å². The normalized spacial score (nSPS) is 13.6. The van der Waals surface area contributed by atoms with Crippen molar-refractivity contribution in [3.63, 3.8) is 0 Å². The summed E-state index contributed by atoms with van der Waals surface area (Å²) in [5, 5.41) is 5.09. The van der Waals surface area contributed by atoms with E-state index in [0.29, 0.717) is 25.7 Å². The van der Waals surface area contributed by atoms with Crippen LogP contribution in [0.15, 0.2) is 97.1 Å². The van der Waals surface area contributed by atoms with Crippen LogP contribution in [-0.2, 0) is 38.1 Å². The predicted octanol–water partition coefficient (Wildman–Crippen LogP) is 9.99. The van der Waals surface area contributed by atoms with Crippen molar-refractivity contribution in [2.45, 2.75) is 129 Å². The molecule has 2 atom stereocenters. The van der Waals surface area contributed by atoms with Crippen LogP contribution in [0, 0.1) is 0 Å². The summed E-state index contributed by atoms with van der Waals surface area (Å²) in [5.74, 6) is -1.68. The third-order valence-corrected chi connectivity index (χ3v) is 10.6. The third-order valence-electron chi connectivity index (χ3n) is 10.6. The molecule has 0 heterocycles. The topological polar surface area (TPSA) is 163 Å². The minimum Gasteiger partial charge on any atom is -0.458 e. The van der Waals surface area contributed by atoms with Crippen LogP contribution < -0.4 is 10.6 Å². The summed E-state index contributed by atoms with van der Waals surface area (Å²) < 4.78 is 21.8. The van der Waals surface area contributed by atoms with Crippen molar-refractivity contribution in [2.24, 2.45) is 0 Å². The number of hydrogen-bond acceptors (Lipinski definition) is 10. The van der Waals surface area contributed by atoms with Gasteiger partial charge in [-0.05, 0) is 98.9 Å². The average molecular weight is 875 g/mol. The second-order valence-corrected chi connectivity index (χ2v) is 18.1. The van der Waals surface area contributed by atoms with Crippen LogP contribution in [0.2, 0.25) is 0 Å². The Kier molecular flexibility index (Phi) is 16.6. The molecule has 0 bridgehead atoms. The maximum Gasteiger partial charge on any atom is 0.407 e. The number of rotatable bonds is 16. The Morgan fingerprint density at radius 2 is 0.766 bits per heavy atom. The molecule has 2 aliphatic carbocycles. The van der Waals surface area contributed by atoms with Crippen molar-refractivity contribution in [1.82, 2.24) is 10.6 Å². The largest absolute Gasteiger partial charge is 0.458 e. The van der Waals surface area contributed by atoms with Crippen LogP contribution >= 0.6 is 0 Å². The Morgan fingerprint density at radius 1 is 0.484 bits per heavy atom. The Bertz CT molecular complexity index is 2050. The SMILES string of the molecule is CCCC(=O)CC(NC(=O)OCC1c2ccccc2-c2ccccc21)C(=O)OC(C)(C)C.CCCC(=O)CC(NC(=O)OCC1c2ccccc2-c2ccccc21)C(=O)OC(C)(C)C. The quantitative estimate of drug-likeness (QED) is 0.0818. The number of esters is 2. The molecule has 6 rings (SSSR count). The van der Waals surface area contributed by atoms with Crippen molar-refractivity contribution in [2.75, 3.05) is 13.2 Å². The maximum atomic E-state index is 12.6. The predicted molar refractivity (Wildman–Crippen MR) is 245 cm³/mol. The van der Waals surface area contributed by atoms with Crippen molar-refractivity contribution < 1.29 is 47.7 Å². The van der Waals surface area contributed by atoms with Gasteiger partial charge in [-0.2, -0.15) is 0 Å².